The highest BCUT2D eigenvalue weighted by Crippen LogP contribution is 2.22. The first-order chi connectivity index (χ1) is 12.8. The minimum absolute atomic E-state index is 0.128. The van der Waals surface area contributed by atoms with E-state index in [4.69, 9.17) is 0 Å². The van der Waals surface area contributed by atoms with E-state index >= 15 is 0 Å². The van der Waals surface area contributed by atoms with E-state index in [9.17, 15) is 9.18 Å². The van der Waals surface area contributed by atoms with E-state index in [1.54, 1.807) is 30.8 Å². The standard InChI is InChI=1S/C19H17FN6O/c1-9-10(2)23-17-15(5-12(20)6-16(17)22-9)19(27)24-13-7-14-11(3)25-26(4)18(14)21-8-13/h5-8H,1-4H3,(H,24,27). The van der Waals surface area contributed by atoms with Gasteiger partial charge in [0.05, 0.1) is 40.0 Å². The molecule has 0 atom stereocenters. The number of carbonyl (C=O) groups excluding carboxylic acids is 1. The van der Waals surface area contributed by atoms with Gasteiger partial charge in [0, 0.05) is 18.5 Å². The molecule has 27 heavy (non-hydrogen) atoms. The topological polar surface area (TPSA) is 85.6 Å². The smallest absolute Gasteiger partial charge is 0.258 e. The Morgan fingerprint density at radius 2 is 1.81 bits per heavy atom. The van der Waals surface area contributed by atoms with Crippen LogP contribution in [0, 0.1) is 26.6 Å². The lowest BCUT2D eigenvalue weighted by molar-refractivity contribution is 0.102. The molecule has 4 aromatic rings. The molecule has 136 valence electrons. The van der Waals surface area contributed by atoms with E-state index in [0.717, 1.165) is 16.7 Å². The molecule has 8 heteroatoms. The number of halogens is 1. The van der Waals surface area contributed by atoms with Crippen molar-refractivity contribution in [2.24, 2.45) is 7.05 Å². The summed E-state index contributed by atoms with van der Waals surface area (Å²) in [5.41, 5.74) is 4.26. The fourth-order valence-electron chi connectivity index (χ4n) is 3.05. The Balaban J connectivity index is 1.77. The molecule has 0 aliphatic carbocycles. The fraction of sp³-hybridized carbons (Fsp3) is 0.211. The second-order valence-corrected chi connectivity index (χ2v) is 6.47. The Labute approximate surface area is 154 Å². The highest BCUT2D eigenvalue weighted by molar-refractivity contribution is 6.11. The predicted octanol–water partition coefficient (Wildman–Crippen LogP) is 3.23. The summed E-state index contributed by atoms with van der Waals surface area (Å²) in [5, 5.41) is 7.92. The van der Waals surface area contributed by atoms with E-state index in [2.05, 4.69) is 25.4 Å². The van der Waals surface area contributed by atoms with E-state index in [0.29, 0.717) is 28.1 Å². The van der Waals surface area contributed by atoms with Gasteiger partial charge in [-0.2, -0.15) is 5.10 Å². The largest absolute Gasteiger partial charge is 0.320 e. The zero-order chi connectivity index (χ0) is 19.3. The maximum Gasteiger partial charge on any atom is 0.258 e. The normalized spacial score (nSPS) is 11.3. The van der Waals surface area contributed by atoms with Crippen LogP contribution in [-0.4, -0.2) is 30.6 Å². The van der Waals surface area contributed by atoms with Gasteiger partial charge in [-0.15, -0.1) is 0 Å². The lowest BCUT2D eigenvalue weighted by atomic mass is 10.1. The van der Waals surface area contributed by atoms with Crippen LogP contribution in [0.2, 0.25) is 0 Å². The van der Waals surface area contributed by atoms with Crippen molar-refractivity contribution in [1.29, 1.82) is 0 Å². The van der Waals surface area contributed by atoms with Crippen molar-refractivity contribution in [3.63, 3.8) is 0 Å². The van der Waals surface area contributed by atoms with Crippen LogP contribution in [-0.2, 0) is 7.05 Å². The summed E-state index contributed by atoms with van der Waals surface area (Å²) >= 11 is 0. The molecule has 1 N–H and O–H groups in total. The van der Waals surface area contributed by atoms with Gasteiger partial charge in [0.1, 0.15) is 11.3 Å². The lowest BCUT2D eigenvalue weighted by Gasteiger charge is -2.09. The van der Waals surface area contributed by atoms with Crippen LogP contribution in [0.25, 0.3) is 22.1 Å². The van der Waals surface area contributed by atoms with Crippen molar-refractivity contribution in [3.8, 4) is 0 Å². The molecule has 7 nitrogen and oxygen atoms in total. The van der Waals surface area contributed by atoms with Crippen LogP contribution >= 0.6 is 0 Å². The molecule has 0 saturated carbocycles. The number of hydrogen-bond donors (Lipinski definition) is 1. The van der Waals surface area contributed by atoms with Gasteiger partial charge in [-0.25, -0.2) is 19.3 Å². The number of nitrogens with one attached hydrogen (secondary N) is 1. The van der Waals surface area contributed by atoms with Crippen LogP contribution in [0.4, 0.5) is 10.1 Å². The number of pyridine rings is 1. The Morgan fingerprint density at radius 3 is 2.59 bits per heavy atom. The molecule has 0 aliphatic rings. The fourth-order valence-corrected chi connectivity index (χ4v) is 3.05. The number of amides is 1. The van der Waals surface area contributed by atoms with Gasteiger partial charge in [0.2, 0.25) is 0 Å². The highest BCUT2D eigenvalue weighted by Gasteiger charge is 2.17. The molecule has 0 fully saturated rings. The maximum atomic E-state index is 14.0. The average Bonchev–Trinajstić information content (AvgIpc) is 2.89. The van der Waals surface area contributed by atoms with Crippen LogP contribution < -0.4 is 5.32 Å². The first kappa shape index (κ1) is 17.0. The zero-order valence-electron chi connectivity index (χ0n) is 15.3. The predicted molar refractivity (Wildman–Crippen MR) is 100 cm³/mol. The van der Waals surface area contributed by atoms with Crippen LogP contribution in [0.1, 0.15) is 27.4 Å². The van der Waals surface area contributed by atoms with Crippen LogP contribution in [0.15, 0.2) is 24.4 Å². The quantitative estimate of drug-likeness (QED) is 0.590. The van der Waals surface area contributed by atoms with Crippen molar-refractivity contribution in [1.82, 2.24) is 24.7 Å². The molecular weight excluding hydrogens is 347 g/mol. The zero-order valence-corrected chi connectivity index (χ0v) is 15.3. The monoisotopic (exact) mass is 364 g/mol. The number of fused-ring (bicyclic) bond motifs is 2. The molecule has 0 spiro atoms. The molecule has 0 saturated heterocycles. The second kappa shape index (κ2) is 6.08. The van der Waals surface area contributed by atoms with Crippen LogP contribution in [0.3, 0.4) is 0 Å². The number of aryl methyl sites for hydroxylation is 4. The maximum absolute atomic E-state index is 14.0. The van der Waals surface area contributed by atoms with Gasteiger partial charge in [-0.3, -0.25) is 9.48 Å². The molecule has 0 radical (unpaired) electrons. The highest BCUT2D eigenvalue weighted by atomic mass is 19.1. The first-order valence-corrected chi connectivity index (χ1v) is 8.38. The van der Waals surface area contributed by atoms with Crippen molar-refractivity contribution < 1.29 is 9.18 Å². The molecule has 3 heterocycles. The molecule has 0 unspecified atom stereocenters. The SMILES string of the molecule is Cc1nc2cc(F)cc(C(=O)Nc3cnc4c(c3)c(C)nn4C)c2nc1C. The van der Waals surface area contributed by atoms with Crippen molar-refractivity contribution in [2.45, 2.75) is 20.8 Å². The Kier molecular flexibility index (Phi) is 3.83. The molecule has 1 aromatic carbocycles. The Morgan fingerprint density at radius 1 is 1.07 bits per heavy atom. The third-order valence-electron chi connectivity index (χ3n) is 4.51. The van der Waals surface area contributed by atoms with E-state index in [1.807, 2.05) is 14.0 Å². The summed E-state index contributed by atoms with van der Waals surface area (Å²) in [7, 11) is 1.81. The van der Waals surface area contributed by atoms with Gasteiger partial charge in [-0.1, -0.05) is 0 Å². The average molecular weight is 364 g/mol. The van der Waals surface area contributed by atoms with E-state index in [-0.39, 0.29) is 5.56 Å². The van der Waals surface area contributed by atoms with Gasteiger partial charge in [-0.05, 0) is 32.9 Å². The number of rotatable bonds is 2. The van der Waals surface area contributed by atoms with Crippen LogP contribution in [0.5, 0.6) is 0 Å². The van der Waals surface area contributed by atoms with Gasteiger partial charge >= 0.3 is 0 Å². The molecule has 4 rings (SSSR count). The third kappa shape index (κ3) is 2.88. The Bertz CT molecular complexity index is 1230. The summed E-state index contributed by atoms with van der Waals surface area (Å²) in [6.07, 6.45) is 1.55. The molecule has 3 aromatic heterocycles. The summed E-state index contributed by atoms with van der Waals surface area (Å²) < 4.78 is 15.7. The molecule has 1 amide bonds. The Hall–Kier alpha value is -3.42. The van der Waals surface area contributed by atoms with Crippen molar-refractivity contribution in [3.05, 3.63) is 52.9 Å². The minimum atomic E-state index is -0.540. The number of aromatic nitrogens is 5. The number of hydrogen-bond acceptors (Lipinski definition) is 5. The summed E-state index contributed by atoms with van der Waals surface area (Å²) in [6.45, 7) is 5.47. The molecule has 0 aliphatic heterocycles. The summed E-state index contributed by atoms with van der Waals surface area (Å²) in [6, 6.07) is 4.24. The number of benzene rings is 1. The van der Waals surface area contributed by atoms with Crippen molar-refractivity contribution >= 4 is 33.7 Å². The molecular formula is C19H17FN6O. The third-order valence-corrected chi connectivity index (χ3v) is 4.51. The number of nitrogens with zero attached hydrogens (tertiary/aromatic N) is 5. The number of anilines is 1. The summed E-state index contributed by atoms with van der Waals surface area (Å²) in [4.78, 5) is 25.9. The van der Waals surface area contributed by atoms with Gasteiger partial charge < -0.3 is 5.32 Å². The lowest BCUT2D eigenvalue weighted by Crippen LogP contribution is -2.14. The molecule has 0 bridgehead atoms. The number of carbonyl (C=O) groups is 1. The van der Waals surface area contributed by atoms with Gasteiger partial charge in [0.25, 0.3) is 5.91 Å². The van der Waals surface area contributed by atoms with Gasteiger partial charge in [0.15, 0.2) is 5.65 Å². The minimum Gasteiger partial charge on any atom is -0.320 e. The summed E-state index contributed by atoms with van der Waals surface area (Å²) in [5.74, 6) is -1.01. The van der Waals surface area contributed by atoms with E-state index < -0.39 is 11.7 Å². The first-order valence-electron chi connectivity index (χ1n) is 8.38. The van der Waals surface area contributed by atoms with Crippen molar-refractivity contribution in [2.75, 3.05) is 5.32 Å². The second-order valence-electron chi connectivity index (χ2n) is 6.47. The van der Waals surface area contributed by atoms with E-state index in [1.165, 1.54) is 12.1 Å².